The number of aromatic hydroxyl groups is 1. The smallest absolute Gasteiger partial charge is 0.335 e. The Hall–Kier alpha value is -4.40. The number of anilines is 2. The second kappa shape index (κ2) is 10.3. The number of nitrogens with one attached hydrogen (secondary N) is 1. The van der Waals surface area contributed by atoms with E-state index >= 15 is 0 Å². The first kappa shape index (κ1) is 24.3. The van der Waals surface area contributed by atoms with Gasteiger partial charge >= 0.3 is 5.97 Å². The number of hydrogen-bond acceptors (Lipinski definition) is 7. The normalized spacial score (nSPS) is 17.4. The fourth-order valence-electron chi connectivity index (χ4n) is 5.10. The molecule has 1 fully saturated rings. The molecule has 0 saturated heterocycles. The molecular formula is C28H29N5O4. The third-order valence-electron chi connectivity index (χ3n) is 6.91. The van der Waals surface area contributed by atoms with Gasteiger partial charge in [-0.15, -0.1) is 0 Å². The summed E-state index contributed by atoms with van der Waals surface area (Å²) >= 11 is 0. The highest BCUT2D eigenvalue weighted by atomic mass is 16.5. The Morgan fingerprint density at radius 2 is 1.84 bits per heavy atom. The van der Waals surface area contributed by atoms with Gasteiger partial charge in [0.2, 0.25) is 11.8 Å². The molecule has 3 N–H and O–H groups in total. The minimum atomic E-state index is -0.958. The van der Waals surface area contributed by atoms with Gasteiger partial charge in [-0.1, -0.05) is 0 Å². The summed E-state index contributed by atoms with van der Waals surface area (Å²) in [6.07, 6.45) is 9.06. The van der Waals surface area contributed by atoms with Gasteiger partial charge in [0, 0.05) is 35.8 Å². The Balaban J connectivity index is 1.30. The van der Waals surface area contributed by atoms with Gasteiger partial charge in [0.15, 0.2) is 0 Å². The molecule has 1 aliphatic rings. The van der Waals surface area contributed by atoms with Crippen molar-refractivity contribution < 1.29 is 19.7 Å². The van der Waals surface area contributed by atoms with Crippen LogP contribution < -0.4 is 10.1 Å². The summed E-state index contributed by atoms with van der Waals surface area (Å²) < 4.78 is 7.20. The molecule has 0 unspecified atom stereocenters. The molecule has 0 radical (unpaired) electrons. The molecule has 4 aromatic rings. The van der Waals surface area contributed by atoms with Gasteiger partial charge in [0.1, 0.15) is 5.75 Å². The number of carbonyl (C=O) groups is 1. The summed E-state index contributed by atoms with van der Waals surface area (Å²) in [4.78, 5) is 25.0. The van der Waals surface area contributed by atoms with E-state index in [4.69, 9.17) is 9.72 Å². The number of aromatic nitrogens is 4. The first-order valence-corrected chi connectivity index (χ1v) is 12.3. The second-order valence-corrected chi connectivity index (χ2v) is 9.44. The summed E-state index contributed by atoms with van der Waals surface area (Å²) in [7, 11) is 1.57. The van der Waals surface area contributed by atoms with Crippen LogP contribution in [0.15, 0.2) is 61.2 Å². The van der Waals surface area contributed by atoms with Gasteiger partial charge in [0.25, 0.3) is 0 Å². The fraction of sp³-hybridized carbons (Fsp3) is 0.286. The summed E-state index contributed by atoms with van der Waals surface area (Å²) in [6.45, 7) is 2.03. The number of carboxylic acid groups (broad SMARTS) is 1. The Morgan fingerprint density at radius 1 is 1.05 bits per heavy atom. The third-order valence-corrected chi connectivity index (χ3v) is 6.91. The number of imidazole rings is 1. The standard InChI is InChI=1S/C28H29N5O4/c1-17-11-20(31-28-29-10-9-26(32-28)37-2)13-21(12-17)33-15-25(30-16-33)19-5-3-18(4-6-19)24-14-22(34)7-8-23(24)27(35)36/h7-16,18-19,34H,3-6H2,1-2H3,(H,35,36)(H,29,31,32). The summed E-state index contributed by atoms with van der Waals surface area (Å²) in [6, 6.07) is 12.4. The number of hydrogen-bond donors (Lipinski definition) is 3. The van der Waals surface area contributed by atoms with E-state index in [0.29, 0.717) is 17.7 Å². The maximum absolute atomic E-state index is 11.7. The van der Waals surface area contributed by atoms with Crippen LogP contribution in [0.4, 0.5) is 11.6 Å². The first-order valence-electron chi connectivity index (χ1n) is 12.3. The van der Waals surface area contributed by atoms with Gasteiger partial charge < -0.3 is 24.8 Å². The molecule has 9 nitrogen and oxygen atoms in total. The number of methoxy groups -OCH3 is 1. The molecule has 37 heavy (non-hydrogen) atoms. The molecule has 2 heterocycles. The van der Waals surface area contributed by atoms with Crippen molar-refractivity contribution >= 4 is 17.6 Å². The molecule has 0 spiro atoms. The van der Waals surface area contributed by atoms with Crippen LogP contribution in [0.2, 0.25) is 0 Å². The van der Waals surface area contributed by atoms with Crippen LogP contribution in [0.1, 0.15) is 64.7 Å². The lowest BCUT2D eigenvalue weighted by molar-refractivity contribution is 0.0694. The quantitative estimate of drug-likeness (QED) is 0.302. The second-order valence-electron chi connectivity index (χ2n) is 9.44. The number of benzene rings is 2. The molecule has 1 saturated carbocycles. The number of phenols is 1. The van der Waals surface area contributed by atoms with E-state index in [0.717, 1.165) is 53.9 Å². The highest BCUT2D eigenvalue weighted by Gasteiger charge is 2.28. The average molecular weight is 500 g/mol. The molecule has 0 aliphatic heterocycles. The van der Waals surface area contributed by atoms with E-state index in [9.17, 15) is 15.0 Å². The molecule has 9 heteroatoms. The number of phenolic OH excluding ortho intramolecular Hbond substituents is 1. The largest absolute Gasteiger partial charge is 0.508 e. The van der Waals surface area contributed by atoms with Crippen molar-refractivity contribution in [3.05, 3.63) is 83.6 Å². The predicted octanol–water partition coefficient (Wildman–Crippen LogP) is 5.57. The molecule has 190 valence electrons. The lowest BCUT2D eigenvalue weighted by Crippen LogP contribution is -2.15. The van der Waals surface area contributed by atoms with E-state index in [-0.39, 0.29) is 17.2 Å². The van der Waals surface area contributed by atoms with Crippen LogP contribution in [0, 0.1) is 6.92 Å². The van der Waals surface area contributed by atoms with Crippen molar-refractivity contribution in [1.29, 1.82) is 0 Å². The first-order chi connectivity index (χ1) is 17.9. The topological polar surface area (TPSA) is 122 Å². The van der Waals surface area contributed by atoms with Crippen molar-refractivity contribution in [2.45, 2.75) is 44.4 Å². The van der Waals surface area contributed by atoms with E-state index in [2.05, 4.69) is 27.5 Å². The Bertz CT molecular complexity index is 1430. The lowest BCUT2D eigenvalue weighted by atomic mass is 9.76. The SMILES string of the molecule is COc1ccnc(Nc2cc(C)cc(-n3cnc(C4CCC(c5cc(O)ccc5C(=O)O)CC4)c3)c2)n1. The Morgan fingerprint density at radius 3 is 2.59 bits per heavy atom. The predicted molar refractivity (Wildman–Crippen MR) is 139 cm³/mol. The maximum atomic E-state index is 11.7. The van der Waals surface area contributed by atoms with Crippen molar-refractivity contribution in [3.8, 4) is 17.3 Å². The van der Waals surface area contributed by atoms with Crippen LogP contribution in [0.25, 0.3) is 5.69 Å². The van der Waals surface area contributed by atoms with E-state index in [1.54, 1.807) is 25.4 Å². The molecule has 2 aromatic carbocycles. The van der Waals surface area contributed by atoms with Crippen molar-refractivity contribution in [2.75, 3.05) is 12.4 Å². The Kier molecular flexibility index (Phi) is 6.76. The Labute approximate surface area is 214 Å². The zero-order valence-electron chi connectivity index (χ0n) is 20.8. The summed E-state index contributed by atoms with van der Waals surface area (Å²) in [5.41, 5.74) is 4.94. The highest BCUT2D eigenvalue weighted by Crippen LogP contribution is 2.42. The third kappa shape index (κ3) is 5.40. The number of nitrogens with zero attached hydrogens (tertiary/aromatic N) is 4. The number of ether oxygens (including phenoxy) is 1. The van der Waals surface area contributed by atoms with Crippen molar-refractivity contribution in [2.24, 2.45) is 0 Å². The van der Waals surface area contributed by atoms with Gasteiger partial charge in [0.05, 0.1) is 24.7 Å². The van der Waals surface area contributed by atoms with Crippen molar-refractivity contribution in [3.63, 3.8) is 0 Å². The highest BCUT2D eigenvalue weighted by molar-refractivity contribution is 5.89. The molecular weight excluding hydrogens is 470 g/mol. The van der Waals surface area contributed by atoms with E-state index in [1.165, 1.54) is 12.1 Å². The van der Waals surface area contributed by atoms with Gasteiger partial charge in [-0.25, -0.2) is 14.8 Å². The summed E-state index contributed by atoms with van der Waals surface area (Å²) in [5, 5.41) is 22.7. The zero-order chi connectivity index (χ0) is 25.9. The molecule has 2 aromatic heterocycles. The molecule has 5 rings (SSSR count). The summed E-state index contributed by atoms with van der Waals surface area (Å²) in [5.74, 6) is 0.502. The van der Waals surface area contributed by atoms with E-state index < -0.39 is 5.97 Å². The zero-order valence-corrected chi connectivity index (χ0v) is 20.8. The van der Waals surface area contributed by atoms with Crippen LogP contribution >= 0.6 is 0 Å². The number of aromatic carboxylic acids is 1. The average Bonchev–Trinajstić information content (AvgIpc) is 3.39. The minimum absolute atomic E-state index is 0.103. The minimum Gasteiger partial charge on any atom is -0.508 e. The van der Waals surface area contributed by atoms with Crippen LogP contribution in [-0.2, 0) is 0 Å². The number of aryl methyl sites for hydroxylation is 1. The molecule has 0 bridgehead atoms. The van der Waals surface area contributed by atoms with Gasteiger partial charge in [-0.05, 0) is 86.1 Å². The van der Waals surface area contributed by atoms with E-state index in [1.807, 2.05) is 30.0 Å². The van der Waals surface area contributed by atoms with Gasteiger partial charge in [-0.3, -0.25) is 0 Å². The van der Waals surface area contributed by atoms with Gasteiger partial charge in [-0.2, -0.15) is 4.98 Å². The number of carboxylic acids is 1. The monoisotopic (exact) mass is 499 g/mol. The van der Waals surface area contributed by atoms with Crippen LogP contribution in [0.5, 0.6) is 11.6 Å². The van der Waals surface area contributed by atoms with Crippen molar-refractivity contribution in [1.82, 2.24) is 19.5 Å². The fourth-order valence-corrected chi connectivity index (χ4v) is 5.10. The van der Waals surface area contributed by atoms with Crippen LogP contribution in [-0.4, -0.2) is 42.8 Å². The van der Waals surface area contributed by atoms with Crippen LogP contribution in [0.3, 0.4) is 0 Å². The molecule has 0 atom stereocenters. The molecule has 1 aliphatic carbocycles. The maximum Gasteiger partial charge on any atom is 0.335 e. The lowest BCUT2D eigenvalue weighted by Gasteiger charge is -2.28. The number of rotatable bonds is 7. The molecule has 0 amide bonds.